The van der Waals surface area contributed by atoms with Gasteiger partial charge in [0.25, 0.3) is 5.91 Å². The number of hydrogen-bond acceptors (Lipinski definition) is 9. The topological polar surface area (TPSA) is 140 Å². The summed E-state index contributed by atoms with van der Waals surface area (Å²) in [7, 11) is -3.93. The number of carbonyl (C=O) groups excluding carboxylic acids is 2. The largest absolute Gasteiger partial charge is 0.379 e. The van der Waals surface area contributed by atoms with Crippen LogP contribution in [0.2, 0.25) is 0 Å². The number of hydrazone groups is 1. The van der Waals surface area contributed by atoms with E-state index in [1.807, 2.05) is 6.07 Å². The number of aromatic nitrogens is 2. The van der Waals surface area contributed by atoms with E-state index in [-0.39, 0.29) is 28.1 Å². The van der Waals surface area contributed by atoms with Gasteiger partial charge in [0, 0.05) is 5.56 Å². The molecule has 0 unspecified atom stereocenters. The predicted octanol–water partition coefficient (Wildman–Crippen LogP) is 3.25. The fourth-order valence-corrected chi connectivity index (χ4v) is 4.55. The average Bonchev–Trinajstić information content (AvgIpc) is 3.32. The molecule has 2 N–H and O–H groups in total. The summed E-state index contributed by atoms with van der Waals surface area (Å²) in [6.45, 7) is 0. The number of anilines is 1. The van der Waals surface area contributed by atoms with Crippen LogP contribution < -0.4 is 14.9 Å². The summed E-state index contributed by atoms with van der Waals surface area (Å²) >= 11 is 1.09. The number of carbonyl (C=O) groups is 2. The van der Waals surface area contributed by atoms with Gasteiger partial charge >= 0.3 is 10.1 Å². The molecule has 0 aliphatic heterocycles. The standard InChI is InChI=1S/C24H19N5O5S2/c30-21(15-22-28-29-24(35-22)26-23(31)18-7-3-1-4-8-18)27-25-16-17-11-13-19(14-12-17)34-36(32,33)20-9-5-2-6-10-20/h1-14,16H,15H2,(H,27,30)(H,26,29,31)/b25-16+. The highest BCUT2D eigenvalue weighted by Crippen LogP contribution is 2.19. The Morgan fingerprint density at radius 3 is 2.28 bits per heavy atom. The van der Waals surface area contributed by atoms with Crippen LogP contribution in [-0.2, 0) is 21.3 Å². The molecule has 0 fully saturated rings. The van der Waals surface area contributed by atoms with Gasteiger partial charge in [-0.15, -0.1) is 10.2 Å². The second-order valence-corrected chi connectivity index (χ2v) is 9.82. The maximum atomic E-state index is 12.3. The van der Waals surface area contributed by atoms with Gasteiger partial charge in [-0.3, -0.25) is 14.9 Å². The highest BCUT2D eigenvalue weighted by Gasteiger charge is 2.16. The summed E-state index contributed by atoms with van der Waals surface area (Å²) in [5.41, 5.74) is 3.48. The average molecular weight is 522 g/mol. The lowest BCUT2D eigenvalue weighted by Crippen LogP contribution is -2.19. The quantitative estimate of drug-likeness (QED) is 0.196. The molecule has 3 aromatic carbocycles. The highest BCUT2D eigenvalue weighted by molar-refractivity contribution is 7.87. The number of nitrogens with zero attached hydrogens (tertiary/aromatic N) is 3. The molecule has 36 heavy (non-hydrogen) atoms. The van der Waals surface area contributed by atoms with Crippen molar-refractivity contribution in [3.8, 4) is 5.75 Å². The van der Waals surface area contributed by atoms with Crippen LogP contribution in [0.25, 0.3) is 0 Å². The van der Waals surface area contributed by atoms with Crippen molar-refractivity contribution in [3.63, 3.8) is 0 Å². The summed E-state index contributed by atoms with van der Waals surface area (Å²) in [5.74, 6) is -0.592. The van der Waals surface area contributed by atoms with Gasteiger partial charge in [0.1, 0.15) is 15.7 Å². The van der Waals surface area contributed by atoms with E-state index in [0.717, 1.165) is 11.3 Å². The fraction of sp³-hybridized carbons (Fsp3) is 0.0417. The fourth-order valence-electron chi connectivity index (χ4n) is 2.86. The van der Waals surface area contributed by atoms with Crippen molar-refractivity contribution in [3.05, 3.63) is 101 Å². The summed E-state index contributed by atoms with van der Waals surface area (Å²) in [6.07, 6.45) is 1.33. The van der Waals surface area contributed by atoms with Crippen LogP contribution in [0.4, 0.5) is 5.13 Å². The second kappa shape index (κ2) is 11.3. The molecule has 0 saturated heterocycles. The molecule has 0 spiro atoms. The Hall–Kier alpha value is -4.42. The van der Waals surface area contributed by atoms with Gasteiger partial charge in [-0.25, -0.2) is 5.43 Å². The molecule has 0 saturated carbocycles. The SMILES string of the molecule is O=C(Cc1nnc(NC(=O)c2ccccc2)s1)N/N=C/c1ccc(OS(=O)(=O)c2ccccc2)cc1. The Bertz CT molecular complexity index is 1470. The Balaban J connectivity index is 1.26. The molecule has 0 atom stereocenters. The Kier molecular flexibility index (Phi) is 7.78. The van der Waals surface area contributed by atoms with Crippen molar-refractivity contribution in [1.82, 2.24) is 15.6 Å². The Morgan fingerprint density at radius 2 is 1.58 bits per heavy atom. The summed E-state index contributed by atoms with van der Waals surface area (Å²) < 4.78 is 29.7. The van der Waals surface area contributed by atoms with Gasteiger partial charge in [0.15, 0.2) is 0 Å². The Morgan fingerprint density at radius 1 is 0.917 bits per heavy atom. The molecule has 1 heterocycles. The minimum Gasteiger partial charge on any atom is -0.379 e. The number of nitrogens with one attached hydrogen (secondary N) is 2. The summed E-state index contributed by atoms with van der Waals surface area (Å²) in [4.78, 5) is 24.4. The Labute approximate surface area is 210 Å². The van der Waals surface area contributed by atoms with E-state index in [2.05, 4.69) is 26.0 Å². The third kappa shape index (κ3) is 6.81. The zero-order valence-corrected chi connectivity index (χ0v) is 20.2. The van der Waals surface area contributed by atoms with Crippen LogP contribution in [0.1, 0.15) is 20.9 Å². The van der Waals surface area contributed by atoms with Crippen LogP contribution in [0.15, 0.2) is 94.9 Å². The summed E-state index contributed by atoms with van der Waals surface area (Å²) in [5, 5.41) is 15.0. The van der Waals surface area contributed by atoms with Crippen LogP contribution >= 0.6 is 11.3 Å². The van der Waals surface area contributed by atoms with Crippen molar-refractivity contribution in [2.75, 3.05) is 5.32 Å². The lowest BCUT2D eigenvalue weighted by atomic mass is 10.2. The number of rotatable bonds is 9. The first-order chi connectivity index (χ1) is 17.4. The van der Waals surface area contributed by atoms with E-state index in [1.54, 1.807) is 54.6 Å². The first kappa shape index (κ1) is 24.7. The molecule has 10 nitrogen and oxygen atoms in total. The van der Waals surface area contributed by atoms with Crippen LogP contribution in [0, 0.1) is 0 Å². The van der Waals surface area contributed by atoms with Crippen molar-refractivity contribution < 1.29 is 22.2 Å². The number of amides is 2. The molecule has 0 bridgehead atoms. The molecule has 0 aliphatic carbocycles. The monoisotopic (exact) mass is 521 g/mol. The van der Waals surface area contributed by atoms with Gasteiger partial charge in [-0.05, 0) is 54.1 Å². The molecular formula is C24H19N5O5S2. The molecule has 0 radical (unpaired) electrons. The van der Waals surface area contributed by atoms with E-state index in [9.17, 15) is 18.0 Å². The smallest absolute Gasteiger partial charge is 0.339 e. The lowest BCUT2D eigenvalue weighted by Gasteiger charge is -2.06. The molecule has 0 aliphatic rings. The van der Waals surface area contributed by atoms with E-state index < -0.39 is 16.0 Å². The van der Waals surface area contributed by atoms with Crippen molar-refractivity contribution in [2.24, 2.45) is 5.10 Å². The first-order valence-corrected chi connectivity index (χ1v) is 12.7. The number of benzene rings is 3. The lowest BCUT2D eigenvalue weighted by molar-refractivity contribution is -0.120. The van der Waals surface area contributed by atoms with E-state index >= 15 is 0 Å². The zero-order valence-electron chi connectivity index (χ0n) is 18.6. The van der Waals surface area contributed by atoms with E-state index in [0.29, 0.717) is 16.1 Å². The minimum absolute atomic E-state index is 0.0551. The molecule has 1 aromatic heterocycles. The zero-order chi connectivity index (χ0) is 25.4. The van der Waals surface area contributed by atoms with Crippen LogP contribution in [-0.4, -0.2) is 36.6 Å². The van der Waals surface area contributed by atoms with Crippen molar-refractivity contribution in [1.29, 1.82) is 0 Å². The van der Waals surface area contributed by atoms with Crippen molar-refractivity contribution >= 4 is 44.6 Å². The normalized spacial score (nSPS) is 11.2. The van der Waals surface area contributed by atoms with Gasteiger partial charge in [-0.1, -0.05) is 47.7 Å². The minimum atomic E-state index is -3.93. The van der Waals surface area contributed by atoms with Gasteiger partial charge in [0.05, 0.1) is 12.6 Å². The number of hydrogen-bond donors (Lipinski definition) is 2. The maximum Gasteiger partial charge on any atom is 0.339 e. The third-order valence-electron chi connectivity index (χ3n) is 4.56. The predicted molar refractivity (Wildman–Crippen MR) is 134 cm³/mol. The second-order valence-electron chi connectivity index (χ2n) is 7.21. The van der Waals surface area contributed by atoms with Gasteiger partial charge in [0.2, 0.25) is 11.0 Å². The first-order valence-electron chi connectivity index (χ1n) is 10.5. The van der Waals surface area contributed by atoms with E-state index in [1.165, 1.54) is 30.5 Å². The van der Waals surface area contributed by atoms with Crippen molar-refractivity contribution in [2.45, 2.75) is 11.3 Å². The summed E-state index contributed by atoms with van der Waals surface area (Å²) in [6, 6.07) is 22.6. The van der Waals surface area contributed by atoms with Crippen LogP contribution in [0.3, 0.4) is 0 Å². The highest BCUT2D eigenvalue weighted by atomic mass is 32.2. The maximum absolute atomic E-state index is 12.3. The third-order valence-corrected chi connectivity index (χ3v) is 6.66. The molecule has 12 heteroatoms. The molecule has 182 valence electrons. The van der Waals surface area contributed by atoms with Gasteiger partial charge in [-0.2, -0.15) is 13.5 Å². The van der Waals surface area contributed by atoms with Gasteiger partial charge < -0.3 is 4.18 Å². The van der Waals surface area contributed by atoms with Crippen LogP contribution in [0.5, 0.6) is 5.75 Å². The molecular weight excluding hydrogens is 502 g/mol. The van der Waals surface area contributed by atoms with E-state index in [4.69, 9.17) is 4.18 Å². The molecule has 4 aromatic rings. The molecule has 2 amide bonds. The molecule has 4 rings (SSSR count).